The van der Waals surface area contributed by atoms with Gasteiger partial charge < -0.3 is 10.2 Å². The van der Waals surface area contributed by atoms with Crippen LogP contribution in [0.5, 0.6) is 0 Å². The number of nitrogens with one attached hydrogen (secondary N) is 1. The molecular weight excluding hydrogens is 260 g/mol. The van der Waals surface area contributed by atoms with Crippen molar-refractivity contribution in [1.29, 1.82) is 0 Å². The smallest absolute Gasteiger partial charge is 0.353 e. The molecule has 1 N–H and O–H groups in total. The van der Waals surface area contributed by atoms with Gasteiger partial charge in [0.15, 0.2) is 0 Å². The summed E-state index contributed by atoms with van der Waals surface area (Å²) in [5.74, 6) is 0.657. The summed E-state index contributed by atoms with van der Waals surface area (Å²) < 4.78 is 0. The number of hydrogen-bond donors (Lipinski definition) is 1. The van der Waals surface area contributed by atoms with Crippen LogP contribution < -0.4 is 10.2 Å². The molecule has 2 heterocycles. The largest absolute Gasteiger partial charge is 0.367 e. The predicted molar refractivity (Wildman–Crippen MR) is 77.2 cm³/mol. The Labute approximate surface area is 118 Å². The van der Waals surface area contributed by atoms with E-state index in [9.17, 15) is 10.1 Å². The third kappa shape index (κ3) is 2.79. The van der Waals surface area contributed by atoms with E-state index in [-0.39, 0.29) is 11.5 Å². The summed E-state index contributed by atoms with van der Waals surface area (Å²) in [5.41, 5.74) is -0.0482. The molecule has 1 saturated heterocycles. The van der Waals surface area contributed by atoms with Crippen LogP contribution in [-0.2, 0) is 0 Å². The fourth-order valence-corrected chi connectivity index (χ4v) is 2.40. The Morgan fingerprint density at radius 1 is 1.30 bits per heavy atom. The van der Waals surface area contributed by atoms with Crippen LogP contribution in [0.25, 0.3) is 0 Å². The molecule has 0 bridgehead atoms. The Hall–Kier alpha value is -1.96. The highest BCUT2D eigenvalue weighted by atomic mass is 16.6. The summed E-state index contributed by atoms with van der Waals surface area (Å²) >= 11 is 0. The van der Waals surface area contributed by atoms with Gasteiger partial charge in [0.1, 0.15) is 6.33 Å². The quantitative estimate of drug-likeness (QED) is 0.649. The molecule has 1 aromatic heterocycles. The highest BCUT2D eigenvalue weighted by Crippen LogP contribution is 2.31. The number of anilines is 2. The van der Waals surface area contributed by atoms with Crippen LogP contribution in [0, 0.1) is 10.1 Å². The Balaban J connectivity index is 2.24. The van der Waals surface area contributed by atoms with Crippen molar-refractivity contribution in [2.45, 2.75) is 19.9 Å². The van der Waals surface area contributed by atoms with E-state index in [2.05, 4.69) is 34.0 Å². The second-order valence-corrected chi connectivity index (χ2v) is 5.02. The zero-order chi connectivity index (χ0) is 14.7. The lowest BCUT2D eigenvalue weighted by atomic mass is 10.2. The van der Waals surface area contributed by atoms with Gasteiger partial charge in [-0.15, -0.1) is 0 Å². The standard InChI is InChI=1S/C12H20N6O2/c1-9(2)16-4-6-17(7-5-16)12-10(18(19)20)11(13-3)14-8-15-12/h8-9H,4-7H2,1-3H3,(H,13,14,15). The number of nitrogens with zero attached hydrogens (tertiary/aromatic N) is 5. The molecule has 0 atom stereocenters. The number of rotatable bonds is 4. The van der Waals surface area contributed by atoms with Crippen molar-refractivity contribution < 1.29 is 4.92 Å². The van der Waals surface area contributed by atoms with Gasteiger partial charge in [-0.2, -0.15) is 0 Å². The van der Waals surface area contributed by atoms with E-state index in [1.807, 2.05) is 4.90 Å². The third-order valence-corrected chi connectivity index (χ3v) is 3.57. The molecule has 0 amide bonds. The summed E-state index contributed by atoms with van der Waals surface area (Å²) in [7, 11) is 1.62. The van der Waals surface area contributed by atoms with E-state index in [1.165, 1.54) is 6.33 Å². The average molecular weight is 280 g/mol. The fourth-order valence-electron chi connectivity index (χ4n) is 2.40. The molecule has 0 aliphatic carbocycles. The van der Waals surface area contributed by atoms with E-state index < -0.39 is 4.92 Å². The van der Waals surface area contributed by atoms with E-state index in [4.69, 9.17) is 0 Å². The number of piperazine rings is 1. The van der Waals surface area contributed by atoms with Crippen LogP contribution >= 0.6 is 0 Å². The van der Waals surface area contributed by atoms with E-state index >= 15 is 0 Å². The molecule has 0 radical (unpaired) electrons. The fraction of sp³-hybridized carbons (Fsp3) is 0.667. The zero-order valence-electron chi connectivity index (χ0n) is 12.0. The normalized spacial score (nSPS) is 16.5. The van der Waals surface area contributed by atoms with Gasteiger partial charge in [-0.05, 0) is 13.8 Å². The zero-order valence-corrected chi connectivity index (χ0v) is 12.0. The van der Waals surface area contributed by atoms with Crippen LogP contribution in [-0.4, -0.2) is 59.1 Å². The van der Waals surface area contributed by atoms with Gasteiger partial charge in [0.2, 0.25) is 11.6 Å². The molecule has 0 spiro atoms. The first-order valence-electron chi connectivity index (χ1n) is 6.70. The van der Waals surface area contributed by atoms with Crippen LogP contribution in [0.3, 0.4) is 0 Å². The topological polar surface area (TPSA) is 87.4 Å². The molecule has 2 rings (SSSR count). The first-order chi connectivity index (χ1) is 9.54. The van der Waals surface area contributed by atoms with Crippen molar-refractivity contribution in [2.75, 3.05) is 43.4 Å². The Morgan fingerprint density at radius 2 is 1.95 bits per heavy atom. The minimum atomic E-state index is -0.421. The molecule has 0 aromatic carbocycles. The van der Waals surface area contributed by atoms with Gasteiger partial charge in [0, 0.05) is 39.3 Å². The van der Waals surface area contributed by atoms with Gasteiger partial charge in [0.05, 0.1) is 4.92 Å². The van der Waals surface area contributed by atoms with Gasteiger partial charge >= 0.3 is 5.69 Å². The number of aromatic nitrogens is 2. The van der Waals surface area contributed by atoms with Crippen LogP contribution in [0.1, 0.15) is 13.8 Å². The summed E-state index contributed by atoms with van der Waals surface area (Å²) in [4.78, 5) is 23.2. The Bertz CT molecular complexity index is 485. The van der Waals surface area contributed by atoms with E-state index in [0.29, 0.717) is 11.9 Å². The van der Waals surface area contributed by atoms with Crippen LogP contribution in [0.4, 0.5) is 17.3 Å². The van der Waals surface area contributed by atoms with Crippen molar-refractivity contribution in [3.8, 4) is 0 Å². The second kappa shape index (κ2) is 6.00. The van der Waals surface area contributed by atoms with Crippen molar-refractivity contribution >= 4 is 17.3 Å². The van der Waals surface area contributed by atoms with E-state index in [0.717, 1.165) is 26.2 Å². The first kappa shape index (κ1) is 14.4. The van der Waals surface area contributed by atoms with Gasteiger partial charge in [-0.25, -0.2) is 9.97 Å². The van der Waals surface area contributed by atoms with Crippen LogP contribution in [0.15, 0.2) is 6.33 Å². The van der Waals surface area contributed by atoms with Crippen molar-refractivity contribution in [2.24, 2.45) is 0 Å². The van der Waals surface area contributed by atoms with Gasteiger partial charge in [-0.1, -0.05) is 0 Å². The van der Waals surface area contributed by atoms with Crippen molar-refractivity contribution in [1.82, 2.24) is 14.9 Å². The molecule has 110 valence electrons. The molecule has 20 heavy (non-hydrogen) atoms. The van der Waals surface area contributed by atoms with Gasteiger partial charge in [0.25, 0.3) is 0 Å². The SMILES string of the molecule is CNc1ncnc(N2CCN(C(C)C)CC2)c1[N+](=O)[O-]. The minimum Gasteiger partial charge on any atom is -0.367 e. The maximum Gasteiger partial charge on any atom is 0.353 e. The number of hydrogen-bond acceptors (Lipinski definition) is 7. The first-order valence-corrected chi connectivity index (χ1v) is 6.70. The molecule has 0 unspecified atom stereocenters. The molecular formula is C12H20N6O2. The van der Waals surface area contributed by atoms with Crippen molar-refractivity contribution in [3.63, 3.8) is 0 Å². The lowest BCUT2D eigenvalue weighted by Crippen LogP contribution is -2.49. The second-order valence-electron chi connectivity index (χ2n) is 5.02. The summed E-state index contributed by atoms with van der Waals surface area (Å²) in [5, 5.41) is 14.0. The predicted octanol–water partition coefficient (Wildman–Crippen LogP) is 0.957. The molecule has 1 aliphatic heterocycles. The monoisotopic (exact) mass is 280 g/mol. The molecule has 1 fully saturated rings. The molecule has 1 aromatic rings. The lowest BCUT2D eigenvalue weighted by Gasteiger charge is -2.37. The van der Waals surface area contributed by atoms with E-state index in [1.54, 1.807) is 7.05 Å². The highest BCUT2D eigenvalue weighted by Gasteiger charge is 2.29. The Kier molecular flexibility index (Phi) is 4.33. The van der Waals surface area contributed by atoms with Crippen LogP contribution in [0.2, 0.25) is 0 Å². The maximum absolute atomic E-state index is 11.3. The summed E-state index contributed by atoms with van der Waals surface area (Å²) in [6.07, 6.45) is 1.36. The Morgan fingerprint density at radius 3 is 2.45 bits per heavy atom. The molecule has 1 aliphatic rings. The average Bonchev–Trinajstić information content (AvgIpc) is 2.46. The summed E-state index contributed by atoms with van der Waals surface area (Å²) in [6.45, 7) is 7.55. The molecule has 8 nitrogen and oxygen atoms in total. The maximum atomic E-state index is 11.3. The molecule has 8 heteroatoms. The molecule has 0 saturated carbocycles. The van der Waals surface area contributed by atoms with Gasteiger partial charge in [-0.3, -0.25) is 15.0 Å². The minimum absolute atomic E-state index is 0.0482. The number of nitro groups is 1. The lowest BCUT2D eigenvalue weighted by molar-refractivity contribution is -0.383. The summed E-state index contributed by atoms with van der Waals surface area (Å²) in [6, 6.07) is 0.491. The third-order valence-electron chi connectivity index (χ3n) is 3.57. The highest BCUT2D eigenvalue weighted by molar-refractivity contribution is 5.70. The van der Waals surface area contributed by atoms with Crippen molar-refractivity contribution in [3.05, 3.63) is 16.4 Å².